The second-order valence-electron chi connectivity index (χ2n) is 6.83. The van der Waals surface area contributed by atoms with Crippen molar-refractivity contribution < 1.29 is 65.0 Å². The fourth-order valence-corrected chi connectivity index (χ4v) is 6.13. The molecule has 3 unspecified atom stereocenters. The van der Waals surface area contributed by atoms with Crippen molar-refractivity contribution in [2.75, 3.05) is 19.0 Å². The van der Waals surface area contributed by atoms with Crippen LogP contribution in [0.25, 0.3) is 11.0 Å². The summed E-state index contributed by atoms with van der Waals surface area (Å²) in [6, 6.07) is 1.17. The van der Waals surface area contributed by atoms with Gasteiger partial charge < -0.3 is 39.7 Å². The second kappa shape index (κ2) is 9.13. The summed E-state index contributed by atoms with van der Waals surface area (Å²) in [6.07, 6.45) is -5.16. The predicted octanol–water partition coefficient (Wildman–Crippen LogP) is -0.414. The third-order valence-corrected chi connectivity index (χ3v) is 8.24. The van der Waals surface area contributed by atoms with Gasteiger partial charge in [-0.1, -0.05) is 0 Å². The Morgan fingerprint density at radius 2 is 1.88 bits per heavy atom. The number of anilines is 1. The normalized spacial score (nSPS) is 29.2. The molecule has 1 aliphatic heterocycles. The lowest BCUT2D eigenvalue weighted by Crippen LogP contribution is -2.45. The first-order valence-electron chi connectivity index (χ1n) is 8.71. The number of rotatable bonds is 9. The van der Waals surface area contributed by atoms with E-state index in [1.54, 1.807) is 0 Å². The second-order valence-corrected chi connectivity index (χ2v) is 11.3. The molecule has 0 spiro atoms. The number of H-pyrrole nitrogens is 1. The number of aliphatic hydroxyl groups excluding tert-OH is 1. The number of aromatic amines is 1. The van der Waals surface area contributed by atoms with Gasteiger partial charge in [0.05, 0.1) is 12.0 Å². The van der Waals surface area contributed by atoms with Crippen LogP contribution in [0.4, 0.5) is 14.7 Å². The van der Waals surface area contributed by atoms with Crippen molar-refractivity contribution in [1.82, 2.24) is 14.5 Å². The first-order chi connectivity index (χ1) is 15.5. The molecular weight excluding hydrogens is 539 g/mol. The lowest BCUT2D eigenvalue weighted by atomic mass is 9.97. The summed E-state index contributed by atoms with van der Waals surface area (Å²) >= 11 is 0. The number of phosphoric ester groups is 1. The molecule has 34 heavy (non-hydrogen) atoms. The minimum atomic E-state index is -5.83. The van der Waals surface area contributed by atoms with Crippen LogP contribution in [0.2, 0.25) is 0 Å². The van der Waals surface area contributed by atoms with Gasteiger partial charge in [0.25, 0.3) is 5.56 Å². The lowest BCUT2D eigenvalue weighted by molar-refractivity contribution is -0.0683. The summed E-state index contributed by atoms with van der Waals surface area (Å²) < 4.78 is 80.3. The number of nitrogen functional groups attached to an aromatic ring is 1. The third kappa shape index (κ3) is 5.62. The van der Waals surface area contributed by atoms with Crippen LogP contribution in [0.1, 0.15) is 6.23 Å². The van der Waals surface area contributed by atoms with Crippen molar-refractivity contribution >= 4 is 40.4 Å². The molecule has 0 aliphatic carbocycles. The van der Waals surface area contributed by atoms with Crippen molar-refractivity contribution in [1.29, 1.82) is 0 Å². The van der Waals surface area contributed by atoms with Crippen LogP contribution in [-0.2, 0) is 31.6 Å². The van der Waals surface area contributed by atoms with Crippen LogP contribution in [0.5, 0.6) is 0 Å². The number of aliphatic hydroxyl groups is 1. The highest BCUT2D eigenvalue weighted by atomic mass is 31.3. The fourth-order valence-electron chi connectivity index (χ4n) is 3.10. The molecule has 2 aromatic rings. The highest BCUT2D eigenvalue weighted by Gasteiger charge is 2.59. The Bertz CT molecular complexity index is 1280. The number of hydrogen-bond donors (Lipinski definition) is 7. The van der Waals surface area contributed by atoms with E-state index in [0.29, 0.717) is 0 Å². The van der Waals surface area contributed by atoms with Crippen LogP contribution >= 0.6 is 23.5 Å². The zero-order chi connectivity index (χ0) is 25.7. The van der Waals surface area contributed by atoms with Gasteiger partial charge in [-0.25, -0.2) is 22.5 Å². The number of hydrogen-bond acceptors (Lipinski definition) is 11. The maximum absolute atomic E-state index is 15.4. The van der Waals surface area contributed by atoms with Gasteiger partial charge in [0, 0.05) is 6.20 Å². The molecule has 1 saturated heterocycles. The smallest absolute Gasteiger partial charge is 0.387 e. The SMILES string of the molecule is Nc1nc2c(ccn2[C@@H]2O[C@H](COP(=O)(O)OP(=O)(O)OP(=O)(O)O)C(O)[C@]2(F)CF)c(=O)[nH]1. The zero-order valence-electron chi connectivity index (χ0n) is 16.4. The maximum atomic E-state index is 15.4. The molecule has 8 N–H and O–H groups in total. The van der Waals surface area contributed by atoms with Crippen LogP contribution < -0.4 is 11.3 Å². The Morgan fingerprint density at radius 1 is 1.24 bits per heavy atom. The average molecular weight is 556 g/mol. The maximum Gasteiger partial charge on any atom is 0.490 e. The summed E-state index contributed by atoms with van der Waals surface area (Å²) in [5.41, 5.74) is 1.30. The number of halogens is 2. The number of ether oxygens (including phenoxy) is 1. The summed E-state index contributed by atoms with van der Waals surface area (Å²) in [4.78, 5) is 53.6. The van der Waals surface area contributed by atoms with E-state index >= 15 is 4.39 Å². The number of nitrogens with zero attached hydrogens (tertiary/aromatic N) is 2. The quantitative estimate of drug-likeness (QED) is 0.193. The zero-order valence-corrected chi connectivity index (χ0v) is 19.1. The van der Waals surface area contributed by atoms with Gasteiger partial charge in [-0.15, -0.1) is 0 Å². The van der Waals surface area contributed by atoms with E-state index in [2.05, 4.69) is 23.1 Å². The number of nitrogens with one attached hydrogen (secondary N) is 1. The van der Waals surface area contributed by atoms with Gasteiger partial charge in [0.1, 0.15) is 18.9 Å². The van der Waals surface area contributed by atoms with Crippen molar-refractivity contribution in [3.05, 3.63) is 22.6 Å². The van der Waals surface area contributed by atoms with E-state index in [0.717, 1.165) is 10.8 Å². The molecule has 0 amide bonds. The lowest BCUT2D eigenvalue weighted by Gasteiger charge is -2.26. The summed E-state index contributed by atoms with van der Waals surface area (Å²) in [7, 11) is -17.1. The Hall–Kier alpha value is -1.59. The van der Waals surface area contributed by atoms with E-state index in [1.807, 2.05) is 0 Å². The molecule has 0 bridgehead atoms. The number of fused-ring (bicyclic) bond motifs is 1. The molecule has 1 fully saturated rings. The Balaban J connectivity index is 1.82. The topological polar surface area (TPSA) is 266 Å². The van der Waals surface area contributed by atoms with Gasteiger partial charge in [0.15, 0.2) is 11.9 Å². The molecule has 0 radical (unpaired) electrons. The predicted molar refractivity (Wildman–Crippen MR) is 104 cm³/mol. The Morgan fingerprint density at radius 3 is 2.47 bits per heavy atom. The average Bonchev–Trinajstić information content (AvgIpc) is 3.17. The van der Waals surface area contributed by atoms with E-state index in [9.17, 15) is 32.9 Å². The van der Waals surface area contributed by atoms with E-state index < -0.39 is 66.4 Å². The highest BCUT2D eigenvalue weighted by Crippen LogP contribution is 2.66. The molecule has 17 nitrogen and oxygen atoms in total. The Labute approximate surface area is 186 Å². The van der Waals surface area contributed by atoms with Crippen LogP contribution in [0, 0.1) is 0 Å². The van der Waals surface area contributed by atoms with Crippen molar-refractivity contribution in [2.24, 2.45) is 0 Å². The number of nitrogens with two attached hydrogens (primary N) is 1. The van der Waals surface area contributed by atoms with E-state index in [4.69, 9.17) is 25.2 Å². The summed E-state index contributed by atoms with van der Waals surface area (Å²) in [5, 5.41) is 10.2. The number of alkyl halides is 2. The fraction of sp³-hybridized carbons (Fsp3) is 0.500. The minimum Gasteiger partial charge on any atom is -0.387 e. The molecule has 192 valence electrons. The molecule has 2 aromatic heterocycles. The van der Waals surface area contributed by atoms with Gasteiger partial charge >= 0.3 is 23.5 Å². The van der Waals surface area contributed by atoms with Gasteiger partial charge in [-0.2, -0.15) is 13.6 Å². The van der Waals surface area contributed by atoms with Gasteiger partial charge in [-0.05, 0) is 6.07 Å². The number of phosphoric acid groups is 3. The monoisotopic (exact) mass is 556 g/mol. The molecule has 0 aromatic carbocycles. The van der Waals surface area contributed by atoms with Crippen LogP contribution in [0.15, 0.2) is 17.1 Å². The molecule has 3 rings (SSSR count). The molecule has 0 saturated carbocycles. The number of aromatic nitrogens is 3. The molecule has 22 heteroatoms. The minimum absolute atomic E-state index is 0.0924. The molecule has 1 aliphatic rings. The molecular formula is C12H17F2N4O13P3. The standard InChI is InChI=1S/C12H17F2N4O13P3/c13-4-12(14)7(19)6(3-28-33(24,25)31-34(26,27)30-32(21,22)23)29-10(12)18-2-1-5-8(18)16-11(15)17-9(5)20/h1-2,6-7,10,19H,3-4H2,(H,24,25)(H,26,27)(H2,21,22,23)(H3,15,16,17,20)/t6-,7?,10-,12-/m1/s1. The first kappa shape index (κ1) is 27.0. The summed E-state index contributed by atoms with van der Waals surface area (Å²) in [5.74, 6) is -0.370. The largest absolute Gasteiger partial charge is 0.490 e. The highest BCUT2D eigenvalue weighted by molar-refractivity contribution is 7.66. The summed E-state index contributed by atoms with van der Waals surface area (Å²) in [6.45, 7) is -3.09. The van der Waals surface area contributed by atoms with Gasteiger partial charge in [-0.3, -0.25) is 14.3 Å². The van der Waals surface area contributed by atoms with E-state index in [-0.39, 0.29) is 17.0 Å². The van der Waals surface area contributed by atoms with E-state index in [1.165, 1.54) is 6.07 Å². The van der Waals surface area contributed by atoms with Crippen molar-refractivity contribution in [2.45, 2.75) is 24.1 Å². The van der Waals surface area contributed by atoms with Crippen molar-refractivity contribution in [3.8, 4) is 0 Å². The Kier molecular flexibility index (Phi) is 7.25. The molecule has 6 atom stereocenters. The third-order valence-electron chi connectivity index (χ3n) is 4.43. The van der Waals surface area contributed by atoms with Crippen molar-refractivity contribution in [3.63, 3.8) is 0 Å². The van der Waals surface area contributed by atoms with Crippen LogP contribution in [0.3, 0.4) is 0 Å². The first-order valence-corrected chi connectivity index (χ1v) is 13.2. The molecule has 3 heterocycles. The van der Waals surface area contributed by atoms with Gasteiger partial charge in [0.2, 0.25) is 11.6 Å². The van der Waals surface area contributed by atoms with Crippen LogP contribution in [-0.4, -0.2) is 70.4 Å².